The lowest BCUT2D eigenvalue weighted by atomic mass is 9.96. The summed E-state index contributed by atoms with van der Waals surface area (Å²) in [4.78, 5) is 12.4. The van der Waals surface area contributed by atoms with Gasteiger partial charge in [0.25, 0.3) is 0 Å². The number of hydrogen-bond acceptors (Lipinski definition) is 3. The SMILES string of the molecule is CC(C)C(NC(=O)Cn1nnc2ccccc21)c1ccccc1. The lowest BCUT2D eigenvalue weighted by molar-refractivity contribution is -0.122. The van der Waals surface area contributed by atoms with Crippen molar-refractivity contribution in [3.8, 4) is 0 Å². The topological polar surface area (TPSA) is 59.8 Å². The molecule has 118 valence electrons. The van der Waals surface area contributed by atoms with E-state index in [2.05, 4.69) is 29.5 Å². The molecule has 0 aliphatic carbocycles. The third-order valence-electron chi connectivity index (χ3n) is 3.86. The van der Waals surface area contributed by atoms with Gasteiger partial charge in [-0.3, -0.25) is 4.79 Å². The van der Waals surface area contributed by atoms with Gasteiger partial charge in [0.15, 0.2) is 0 Å². The first-order chi connectivity index (χ1) is 11.1. The highest BCUT2D eigenvalue weighted by atomic mass is 16.2. The predicted molar refractivity (Wildman–Crippen MR) is 89.7 cm³/mol. The van der Waals surface area contributed by atoms with Gasteiger partial charge in [-0.2, -0.15) is 0 Å². The van der Waals surface area contributed by atoms with Gasteiger partial charge in [0.2, 0.25) is 5.91 Å². The minimum Gasteiger partial charge on any atom is -0.347 e. The van der Waals surface area contributed by atoms with Crippen molar-refractivity contribution < 1.29 is 4.79 Å². The standard InChI is InChI=1S/C18H20N4O/c1-13(2)18(14-8-4-3-5-9-14)19-17(23)12-22-16-11-7-6-10-15(16)20-21-22/h3-11,13,18H,12H2,1-2H3,(H,19,23). The number of carbonyl (C=O) groups excluding carboxylic acids is 1. The summed E-state index contributed by atoms with van der Waals surface area (Å²) in [5, 5.41) is 11.3. The van der Waals surface area contributed by atoms with Crippen molar-refractivity contribution >= 4 is 16.9 Å². The highest BCUT2D eigenvalue weighted by Crippen LogP contribution is 2.21. The van der Waals surface area contributed by atoms with E-state index in [0.29, 0.717) is 5.92 Å². The summed E-state index contributed by atoms with van der Waals surface area (Å²) in [5.74, 6) is 0.233. The van der Waals surface area contributed by atoms with Crippen LogP contribution in [0.1, 0.15) is 25.5 Å². The average molecular weight is 308 g/mol. The molecule has 1 heterocycles. The molecule has 2 aromatic carbocycles. The molecule has 1 atom stereocenters. The highest BCUT2D eigenvalue weighted by molar-refractivity contribution is 5.80. The van der Waals surface area contributed by atoms with Crippen LogP contribution in [0.25, 0.3) is 11.0 Å². The Labute approximate surface area is 135 Å². The Hall–Kier alpha value is -2.69. The summed E-state index contributed by atoms with van der Waals surface area (Å²) >= 11 is 0. The van der Waals surface area contributed by atoms with E-state index in [-0.39, 0.29) is 18.5 Å². The highest BCUT2D eigenvalue weighted by Gasteiger charge is 2.19. The first kappa shape index (κ1) is 15.2. The van der Waals surface area contributed by atoms with E-state index in [1.54, 1.807) is 4.68 Å². The van der Waals surface area contributed by atoms with Gasteiger partial charge in [0.1, 0.15) is 12.1 Å². The van der Waals surface area contributed by atoms with Crippen molar-refractivity contribution in [1.82, 2.24) is 20.3 Å². The molecule has 1 amide bonds. The summed E-state index contributed by atoms with van der Waals surface area (Å²) in [5.41, 5.74) is 2.77. The molecule has 0 saturated heterocycles. The zero-order chi connectivity index (χ0) is 16.2. The minimum atomic E-state index is -0.0665. The van der Waals surface area contributed by atoms with Gasteiger partial charge in [0.05, 0.1) is 11.6 Å². The van der Waals surface area contributed by atoms with Crippen LogP contribution >= 0.6 is 0 Å². The number of carbonyl (C=O) groups is 1. The van der Waals surface area contributed by atoms with E-state index in [1.165, 1.54) is 0 Å². The number of rotatable bonds is 5. The third kappa shape index (κ3) is 3.39. The molecule has 5 nitrogen and oxygen atoms in total. The third-order valence-corrected chi connectivity index (χ3v) is 3.86. The van der Waals surface area contributed by atoms with Crippen molar-refractivity contribution in [1.29, 1.82) is 0 Å². The lowest BCUT2D eigenvalue weighted by Crippen LogP contribution is -2.34. The quantitative estimate of drug-likeness (QED) is 0.788. The molecular formula is C18H20N4O. The van der Waals surface area contributed by atoms with Crippen molar-refractivity contribution in [2.45, 2.75) is 26.4 Å². The van der Waals surface area contributed by atoms with Gasteiger partial charge in [0, 0.05) is 0 Å². The number of hydrogen-bond donors (Lipinski definition) is 1. The van der Waals surface area contributed by atoms with Gasteiger partial charge in [-0.05, 0) is 23.6 Å². The van der Waals surface area contributed by atoms with E-state index in [4.69, 9.17) is 0 Å². The molecule has 23 heavy (non-hydrogen) atoms. The summed E-state index contributed by atoms with van der Waals surface area (Å²) < 4.78 is 1.63. The van der Waals surface area contributed by atoms with Crippen molar-refractivity contribution in [2.24, 2.45) is 5.92 Å². The average Bonchev–Trinajstić information content (AvgIpc) is 2.96. The molecule has 1 N–H and O–H groups in total. The molecule has 1 aromatic heterocycles. The fraction of sp³-hybridized carbons (Fsp3) is 0.278. The maximum Gasteiger partial charge on any atom is 0.242 e. The first-order valence-corrected chi connectivity index (χ1v) is 7.77. The maximum absolute atomic E-state index is 12.4. The molecule has 0 aliphatic heterocycles. The summed E-state index contributed by atoms with van der Waals surface area (Å²) in [7, 11) is 0. The lowest BCUT2D eigenvalue weighted by Gasteiger charge is -2.23. The molecule has 0 aliphatic rings. The van der Waals surface area contributed by atoms with Gasteiger partial charge in [-0.1, -0.05) is 61.5 Å². The predicted octanol–water partition coefficient (Wildman–Crippen LogP) is 2.94. The van der Waals surface area contributed by atoms with Crippen LogP contribution in [0.15, 0.2) is 54.6 Å². The van der Waals surface area contributed by atoms with Crippen LogP contribution in [0, 0.1) is 5.92 Å². The second kappa shape index (κ2) is 6.60. The Morgan fingerprint density at radius 3 is 2.52 bits per heavy atom. The second-order valence-corrected chi connectivity index (χ2v) is 5.94. The Morgan fingerprint density at radius 2 is 1.78 bits per heavy atom. The molecule has 5 heteroatoms. The van der Waals surface area contributed by atoms with Crippen LogP contribution in [0.4, 0.5) is 0 Å². The van der Waals surface area contributed by atoms with Crippen LogP contribution in [0.5, 0.6) is 0 Å². The molecule has 3 aromatic rings. The zero-order valence-electron chi connectivity index (χ0n) is 13.3. The zero-order valence-corrected chi connectivity index (χ0v) is 13.3. The Morgan fingerprint density at radius 1 is 1.09 bits per heavy atom. The minimum absolute atomic E-state index is 0.0153. The molecule has 0 radical (unpaired) electrons. The monoisotopic (exact) mass is 308 g/mol. The number of nitrogens with zero attached hydrogens (tertiary/aromatic N) is 3. The van der Waals surface area contributed by atoms with Gasteiger partial charge in [-0.25, -0.2) is 4.68 Å². The number of aromatic nitrogens is 3. The van der Waals surface area contributed by atoms with E-state index in [1.807, 2.05) is 54.6 Å². The van der Waals surface area contributed by atoms with Crippen molar-refractivity contribution in [2.75, 3.05) is 0 Å². The Bertz CT molecular complexity index is 795. The van der Waals surface area contributed by atoms with Crippen LogP contribution in [0.3, 0.4) is 0 Å². The Balaban J connectivity index is 1.75. The Kier molecular flexibility index (Phi) is 4.37. The van der Waals surface area contributed by atoms with E-state index in [9.17, 15) is 4.79 Å². The van der Waals surface area contributed by atoms with E-state index in [0.717, 1.165) is 16.6 Å². The summed E-state index contributed by atoms with van der Waals surface area (Å²) in [6, 6.07) is 17.6. The number of amides is 1. The molecule has 0 fully saturated rings. The molecule has 3 rings (SSSR count). The van der Waals surface area contributed by atoms with Crippen LogP contribution in [-0.4, -0.2) is 20.9 Å². The van der Waals surface area contributed by atoms with E-state index >= 15 is 0 Å². The normalized spacial score (nSPS) is 12.5. The maximum atomic E-state index is 12.4. The number of nitrogens with one attached hydrogen (secondary N) is 1. The molecular weight excluding hydrogens is 288 g/mol. The van der Waals surface area contributed by atoms with Gasteiger partial charge >= 0.3 is 0 Å². The second-order valence-electron chi connectivity index (χ2n) is 5.94. The van der Waals surface area contributed by atoms with Gasteiger partial charge in [-0.15, -0.1) is 5.10 Å². The van der Waals surface area contributed by atoms with Gasteiger partial charge < -0.3 is 5.32 Å². The fourth-order valence-corrected chi connectivity index (χ4v) is 2.68. The van der Waals surface area contributed by atoms with Crippen molar-refractivity contribution in [3.05, 3.63) is 60.2 Å². The molecule has 1 unspecified atom stereocenters. The molecule has 0 spiro atoms. The fourth-order valence-electron chi connectivity index (χ4n) is 2.68. The van der Waals surface area contributed by atoms with E-state index < -0.39 is 0 Å². The largest absolute Gasteiger partial charge is 0.347 e. The molecule has 0 saturated carbocycles. The first-order valence-electron chi connectivity index (χ1n) is 7.77. The van der Waals surface area contributed by atoms with Crippen LogP contribution < -0.4 is 5.32 Å². The summed E-state index contributed by atoms with van der Waals surface area (Å²) in [6.07, 6.45) is 0. The summed E-state index contributed by atoms with van der Waals surface area (Å²) in [6.45, 7) is 4.36. The molecule has 0 bridgehead atoms. The number of benzene rings is 2. The smallest absolute Gasteiger partial charge is 0.242 e. The number of fused-ring (bicyclic) bond motifs is 1. The van der Waals surface area contributed by atoms with Crippen LogP contribution in [-0.2, 0) is 11.3 Å². The number of para-hydroxylation sites is 1. The van der Waals surface area contributed by atoms with Crippen molar-refractivity contribution in [3.63, 3.8) is 0 Å². The van der Waals surface area contributed by atoms with Crippen LogP contribution in [0.2, 0.25) is 0 Å².